The minimum absolute atomic E-state index is 0.509. The molecule has 0 aromatic carbocycles. The van der Waals surface area contributed by atoms with E-state index in [0.29, 0.717) is 17.9 Å². The van der Waals surface area contributed by atoms with Crippen molar-refractivity contribution < 1.29 is 4.79 Å². The van der Waals surface area contributed by atoms with Gasteiger partial charge in [-0.15, -0.1) is 0 Å². The summed E-state index contributed by atoms with van der Waals surface area (Å²) in [6, 6.07) is 0. The van der Waals surface area contributed by atoms with Crippen LogP contribution >= 0.6 is 11.6 Å². The van der Waals surface area contributed by atoms with Crippen molar-refractivity contribution in [2.75, 3.05) is 0 Å². The Bertz CT molecular complexity index is 283. The molecule has 72 valence electrons. The minimum atomic E-state index is 0.509. The fourth-order valence-electron chi connectivity index (χ4n) is 1.24. The molecule has 1 aromatic heterocycles. The number of aldehydes is 1. The smallest absolute Gasteiger partial charge is 0.120 e. The summed E-state index contributed by atoms with van der Waals surface area (Å²) in [5.74, 6) is 0. The maximum Gasteiger partial charge on any atom is 0.120 e. The van der Waals surface area contributed by atoms with Crippen LogP contribution in [0.4, 0.5) is 0 Å². The summed E-state index contributed by atoms with van der Waals surface area (Å²) < 4.78 is 1.87. The Morgan fingerprint density at radius 3 is 3.08 bits per heavy atom. The highest BCUT2D eigenvalue weighted by molar-refractivity contribution is 6.31. The van der Waals surface area contributed by atoms with Crippen molar-refractivity contribution >= 4 is 17.9 Å². The lowest BCUT2D eigenvalue weighted by Crippen LogP contribution is -2.04. The van der Waals surface area contributed by atoms with Gasteiger partial charge in [-0.3, -0.25) is 4.68 Å². The van der Waals surface area contributed by atoms with Crippen molar-refractivity contribution in [1.29, 1.82) is 0 Å². The SMILES string of the molecule is CCCn1ncc(Cl)c1CCC=O. The van der Waals surface area contributed by atoms with E-state index in [4.69, 9.17) is 11.6 Å². The zero-order valence-corrected chi connectivity index (χ0v) is 8.42. The van der Waals surface area contributed by atoms with Gasteiger partial charge in [0, 0.05) is 13.0 Å². The molecule has 1 heterocycles. The first-order chi connectivity index (χ1) is 6.29. The molecule has 0 saturated carbocycles. The molecule has 0 unspecified atom stereocenters. The third-order valence-corrected chi connectivity index (χ3v) is 2.15. The zero-order chi connectivity index (χ0) is 9.68. The average Bonchev–Trinajstić information content (AvgIpc) is 2.45. The van der Waals surface area contributed by atoms with Crippen molar-refractivity contribution in [2.24, 2.45) is 0 Å². The first-order valence-corrected chi connectivity index (χ1v) is 4.81. The number of rotatable bonds is 5. The summed E-state index contributed by atoms with van der Waals surface area (Å²) >= 11 is 5.92. The Kier molecular flexibility index (Phi) is 3.96. The lowest BCUT2D eigenvalue weighted by molar-refractivity contribution is -0.107. The van der Waals surface area contributed by atoms with Crippen molar-refractivity contribution in [3.8, 4) is 0 Å². The molecule has 0 aliphatic carbocycles. The van der Waals surface area contributed by atoms with E-state index in [0.717, 1.165) is 24.9 Å². The molecule has 3 nitrogen and oxygen atoms in total. The number of aryl methyl sites for hydroxylation is 1. The van der Waals surface area contributed by atoms with E-state index in [1.807, 2.05) is 4.68 Å². The number of hydrogen-bond acceptors (Lipinski definition) is 2. The van der Waals surface area contributed by atoms with Crippen LogP contribution in [0.1, 0.15) is 25.5 Å². The highest BCUT2D eigenvalue weighted by Crippen LogP contribution is 2.16. The second-order valence-electron chi connectivity index (χ2n) is 2.87. The second kappa shape index (κ2) is 5.02. The van der Waals surface area contributed by atoms with E-state index in [1.54, 1.807) is 6.20 Å². The standard InChI is InChI=1S/C9H13ClN2O/c1-2-5-12-9(4-3-6-13)8(10)7-11-12/h6-7H,2-5H2,1H3. The Morgan fingerprint density at radius 1 is 1.69 bits per heavy atom. The molecule has 0 radical (unpaired) electrons. The second-order valence-corrected chi connectivity index (χ2v) is 3.27. The van der Waals surface area contributed by atoms with Crippen LogP contribution in [-0.2, 0) is 17.8 Å². The van der Waals surface area contributed by atoms with Gasteiger partial charge in [0.05, 0.1) is 16.9 Å². The monoisotopic (exact) mass is 200 g/mol. The fraction of sp³-hybridized carbons (Fsp3) is 0.556. The van der Waals surface area contributed by atoms with Crippen molar-refractivity contribution in [3.05, 3.63) is 16.9 Å². The lowest BCUT2D eigenvalue weighted by Gasteiger charge is -2.04. The molecule has 0 fully saturated rings. The molecule has 4 heteroatoms. The quantitative estimate of drug-likeness (QED) is 0.683. The first-order valence-electron chi connectivity index (χ1n) is 4.43. The molecule has 1 aromatic rings. The predicted molar refractivity (Wildman–Crippen MR) is 51.9 cm³/mol. The molecule has 0 saturated heterocycles. The van der Waals surface area contributed by atoms with Crippen LogP contribution in [0.25, 0.3) is 0 Å². The maximum absolute atomic E-state index is 10.2. The Labute approximate surface area is 82.7 Å². The van der Waals surface area contributed by atoms with Crippen molar-refractivity contribution in [1.82, 2.24) is 9.78 Å². The van der Waals surface area contributed by atoms with Gasteiger partial charge in [-0.05, 0) is 12.8 Å². The van der Waals surface area contributed by atoms with Crippen molar-refractivity contribution in [2.45, 2.75) is 32.7 Å². The van der Waals surface area contributed by atoms with Crippen LogP contribution < -0.4 is 0 Å². The van der Waals surface area contributed by atoms with Gasteiger partial charge in [-0.1, -0.05) is 18.5 Å². The number of halogens is 1. The molecule has 0 aliphatic rings. The summed E-state index contributed by atoms with van der Waals surface area (Å²) in [6.07, 6.45) is 4.75. The van der Waals surface area contributed by atoms with Gasteiger partial charge in [-0.2, -0.15) is 5.10 Å². The summed E-state index contributed by atoms with van der Waals surface area (Å²) in [6.45, 7) is 2.94. The van der Waals surface area contributed by atoms with E-state index < -0.39 is 0 Å². The van der Waals surface area contributed by atoms with Gasteiger partial charge < -0.3 is 4.79 Å². The Hall–Kier alpha value is -0.830. The summed E-state index contributed by atoms with van der Waals surface area (Å²) in [5, 5.41) is 4.79. The molecule has 0 aliphatic heterocycles. The van der Waals surface area contributed by atoms with Crippen LogP contribution in [0, 0.1) is 0 Å². The van der Waals surface area contributed by atoms with E-state index in [-0.39, 0.29) is 0 Å². The predicted octanol–water partition coefficient (Wildman–Crippen LogP) is 2.08. The summed E-state index contributed by atoms with van der Waals surface area (Å²) in [5.41, 5.74) is 0.968. The number of carbonyl (C=O) groups excluding carboxylic acids is 1. The molecule has 13 heavy (non-hydrogen) atoms. The van der Waals surface area contributed by atoms with Gasteiger partial charge in [0.2, 0.25) is 0 Å². The van der Waals surface area contributed by atoms with E-state index in [2.05, 4.69) is 12.0 Å². The van der Waals surface area contributed by atoms with E-state index in [9.17, 15) is 4.79 Å². The third-order valence-electron chi connectivity index (χ3n) is 1.83. The Balaban J connectivity index is 2.74. The Morgan fingerprint density at radius 2 is 2.46 bits per heavy atom. The zero-order valence-electron chi connectivity index (χ0n) is 7.66. The van der Waals surface area contributed by atoms with Crippen molar-refractivity contribution in [3.63, 3.8) is 0 Å². The summed E-state index contributed by atoms with van der Waals surface area (Å²) in [7, 11) is 0. The van der Waals surface area contributed by atoms with E-state index in [1.165, 1.54) is 0 Å². The summed E-state index contributed by atoms with van der Waals surface area (Å²) in [4.78, 5) is 10.2. The largest absolute Gasteiger partial charge is 0.303 e. The van der Waals surface area contributed by atoms with Gasteiger partial charge >= 0.3 is 0 Å². The minimum Gasteiger partial charge on any atom is -0.303 e. The fourth-order valence-corrected chi connectivity index (χ4v) is 1.47. The normalized spacial score (nSPS) is 10.3. The third kappa shape index (κ3) is 2.56. The molecule has 0 bridgehead atoms. The van der Waals surface area contributed by atoms with Gasteiger partial charge in [-0.25, -0.2) is 0 Å². The van der Waals surface area contributed by atoms with Crippen LogP contribution in [0.15, 0.2) is 6.20 Å². The van der Waals surface area contributed by atoms with Crippen LogP contribution in [0.5, 0.6) is 0 Å². The molecule has 0 atom stereocenters. The van der Waals surface area contributed by atoms with Gasteiger partial charge in [0.15, 0.2) is 0 Å². The van der Waals surface area contributed by atoms with Crippen LogP contribution in [-0.4, -0.2) is 16.1 Å². The van der Waals surface area contributed by atoms with Gasteiger partial charge in [0.25, 0.3) is 0 Å². The topological polar surface area (TPSA) is 34.9 Å². The molecular weight excluding hydrogens is 188 g/mol. The van der Waals surface area contributed by atoms with Crippen LogP contribution in [0.2, 0.25) is 5.02 Å². The number of nitrogens with zero attached hydrogens (tertiary/aromatic N) is 2. The molecule has 0 spiro atoms. The number of aromatic nitrogens is 2. The highest BCUT2D eigenvalue weighted by Gasteiger charge is 2.07. The molecule has 0 amide bonds. The van der Waals surface area contributed by atoms with Gasteiger partial charge in [0.1, 0.15) is 6.29 Å². The number of carbonyl (C=O) groups is 1. The molecular formula is C9H13ClN2O. The molecule has 1 rings (SSSR count). The lowest BCUT2D eigenvalue weighted by atomic mass is 10.2. The molecule has 0 N–H and O–H groups in total. The first kappa shape index (κ1) is 10.3. The average molecular weight is 201 g/mol. The van der Waals surface area contributed by atoms with Crippen LogP contribution in [0.3, 0.4) is 0 Å². The highest BCUT2D eigenvalue weighted by atomic mass is 35.5. The number of hydrogen-bond donors (Lipinski definition) is 0. The van der Waals surface area contributed by atoms with E-state index >= 15 is 0 Å². The maximum atomic E-state index is 10.2.